The summed E-state index contributed by atoms with van der Waals surface area (Å²) in [4.78, 5) is 10.4. The summed E-state index contributed by atoms with van der Waals surface area (Å²) < 4.78 is 63.6. The molecule has 180 valence electrons. The van der Waals surface area contributed by atoms with E-state index < -0.39 is 31.0 Å². The van der Waals surface area contributed by atoms with Crippen LogP contribution in [0.4, 0.5) is 23.5 Å². The van der Waals surface area contributed by atoms with Crippen LogP contribution in [0.25, 0.3) is 27.7 Å². The molecule has 4 aromatic rings. The van der Waals surface area contributed by atoms with Crippen LogP contribution in [0, 0.1) is 5.82 Å². The van der Waals surface area contributed by atoms with Gasteiger partial charge in [-0.25, -0.2) is 27.1 Å². The molecule has 34 heavy (non-hydrogen) atoms. The van der Waals surface area contributed by atoms with E-state index >= 15 is 4.39 Å². The van der Waals surface area contributed by atoms with E-state index in [2.05, 4.69) is 20.4 Å². The molecule has 0 aliphatic carbocycles. The summed E-state index contributed by atoms with van der Waals surface area (Å²) in [5.74, 6) is -0.374. The molecule has 3 aromatic heterocycles. The summed E-state index contributed by atoms with van der Waals surface area (Å²) in [6.07, 6.45) is -0.578. The van der Waals surface area contributed by atoms with Crippen LogP contribution >= 0.6 is 0 Å². The molecule has 5 rings (SSSR count). The molecule has 0 unspecified atom stereocenters. The predicted octanol–water partition coefficient (Wildman–Crippen LogP) is 3.61. The van der Waals surface area contributed by atoms with E-state index in [0.29, 0.717) is 29.6 Å². The van der Waals surface area contributed by atoms with Gasteiger partial charge in [0.25, 0.3) is 6.43 Å². The topological polar surface area (TPSA) is 72.5 Å². The predicted molar refractivity (Wildman–Crippen MR) is 119 cm³/mol. The molecular formula is C22H23F4N7O. The van der Waals surface area contributed by atoms with Crippen molar-refractivity contribution in [3.8, 4) is 17.0 Å². The Morgan fingerprint density at radius 2 is 2.12 bits per heavy atom. The molecule has 12 heteroatoms. The largest absolute Gasteiger partial charge is 0.479 e. The number of benzene rings is 1. The lowest BCUT2D eigenvalue weighted by molar-refractivity contribution is 0.128. The second-order valence-electron chi connectivity index (χ2n) is 8.40. The van der Waals surface area contributed by atoms with Gasteiger partial charge in [-0.05, 0) is 31.2 Å². The van der Waals surface area contributed by atoms with Gasteiger partial charge in [0.1, 0.15) is 11.7 Å². The molecule has 0 saturated carbocycles. The molecule has 1 saturated heterocycles. The molecule has 1 N–H and O–H groups in total. The second-order valence-corrected chi connectivity index (χ2v) is 8.40. The summed E-state index contributed by atoms with van der Waals surface area (Å²) in [5.41, 5.74) is 1.83. The minimum atomic E-state index is -2.55. The SMILES string of the molecule is COc1nc(N[C@H]2CCN(C)C[C@H]2F)nn2cc(F)c(-c3ccc4ncn(CC(F)F)c4c3)c12. The highest BCUT2D eigenvalue weighted by Crippen LogP contribution is 2.35. The first-order valence-electron chi connectivity index (χ1n) is 10.8. The summed E-state index contributed by atoms with van der Waals surface area (Å²) in [7, 11) is 3.26. The molecule has 0 spiro atoms. The molecule has 0 radical (unpaired) electrons. The normalized spacial score (nSPS) is 19.4. The van der Waals surface area contributed by atoms with Crippen molar-refractivity contribution in [2.75, 3.05) is 32.6 Å². The molecule has 1 aromatic carbocycles. The number of methoxy groups -OCH3 is 1. The number of piperidine rings is 1. The number of imidazole rings is 1. The quantitative estimate of drug-likeness (QED) is 0.428. The first-order chi connectivity index (χ1) is 16.3. The van der Waals surface area contributed by atoms with Crippen LogP contribution in [0.3, 0.4) is 0 Å². The number of halogens is 4. The number of alkyl halides is 3. The highest BCUT2D eigenvalue weighted by atomic mass is 19.3. The Labute approximate surface area is 192 Å². The molecule has 1 aliphatic heterocycles. The van der Waals surface area contributed by atoms with Gasteiger partial charge in [-0.3, -0.25) is 0 Å². The molecule has 8 nitrogen and oxygen atoms in total. The van der Waals surface area contributed by atoms with Crippen LogP contribution in [-0.2, 0) is 6.54 Å². The van der Waals surface area contributed by atoms with Crippen molar-refractivity contribution in [2.24, 2.45) is 0 Å². The van der Waals surface area contributed by atoms with E-state index in [1.54, 1.807) is 18.2 Å². The third kappa shape index (κ3) is 4.02. The zero-order chi connectivity index (χ0) is 24.0. The molecular weight excluding hydrogens is 454 g/mol. The average molecular weight is 477 g/mol. The van der Waals surface area contributed by atoms with E-state index in [9.17, 15) is 13.2 Å². The number of hydrogen-bond donors (Lipinski definition) is 1. The van der Waals surface area contributed by atoms with Crippen LogP contribution < -0.4 is 10.1 Å². The average Bonchev–Trinajstić information content (AvgIpc) is 3.34. The Hall–Kier alpha value is -3.41. The summed E-state index contributed by atoms with van der Waals surface area (Å²) in [6.45, 7) is 0.501. The lowest BCUT2D eigenvalue weighted by Gasteiger charge is -2.32. The second kappa shape index (κ2) is 8.75. The molecule has 2 atom stereocenters. The van der Waals surface area contributed by atoms with Gasteiger partial charge >= 0.3 is 0 Å². The maximum Gasteiger partial charge on any atom is 0.256 e. The number of anilines is 1. The monoisotopic (exact) mass is 477 g/mol. The summed E-state index contributed by atoms with van der Waals surface area (Å²) in [5, 5.41) is 7.33. The Kier molecular flexibility index (Phi) is 5.76. The van der Waals surface area contributed by atoms with Crippen molar-refractivity contribution in [1.82, 2.24) is 29.0 Å². The Bertz CT molecular complexity index is 1340. The Balaban J connectivity index is 1.56. The van der Waals surface area contributed by atoms with Crippen molar-refractivity contribution in [3.05, 3.63) is 36.5 Å². The first kappa shape index (κ1) is 22.4. The minimum Gasteiger partial charge on any atom is -0.479 e. The van der Waals surface area contributed by atoms with E-state index in [4.69, 9.17) is 4.74 Å². The third-order valence-electron chi connectivity index (χ3n) is 6.05. The van der Waals surface area contributed by atoms with Crippen LogP contribution in [0.2, 0.25) is 0 Å². The lowest BCUT2D eigenvalue weighted by atomic mass is 10.0. The molecule has 4 heterocycles. The molecule has 1 fully saturated rings. The Morgan fingerprint density at radius 3 is 2.85 bits per heavy atom. The van der Waals surface area contributed by atoms with E-state index in [1.807, 2.05) is 11.9 Å². The number of rotatable bonds is 6. The number of hydrogen-bond acceptors (Lipinski definition) is 6. The third-order valence-corrected chi connectivity index (χ3v) is 6.05. The van der Waals surface area contributed by atoms with Crippen LogP contribution in [0.15, 0.2) is 30.7 Å². The fraction of sp³-hybridized carbons (Fsp3) is 0.409. The van der Waals surface area contributed by atoms with E-state index in [1.165, 1.54) is 28.7 Å². The van der Waals surface area contributed by atoms with Crippen molar-refractivity contribution >= 4 is 22.5 Å². The molecule has 0 bridgehead atoms. The number of nitrogens with one attached hydrogen (secondary N) is 1. The zero-order valence-electron chi connectivity index (χ0n) is 18.6. The highest BCUT2D eigenvalue weighted by molar-refractivity contribution is 5.90. The van der Waals surface area contributed by atoms with E-state index in [0.717, 1.165) is 6.54 Å². The standard InChI is InChI=1S/C22H23F4N7O/c1-31-6-5-15(13(23)8-31)28-22-29-21(34-2)20-19(14(24)9-33(20)30-22)12-3-4-16-17(7-12)32(11-27-16)10-18(25)26/h3-4,7,9,11,13,15,18H,5-6,8,10H2,1-2H3,(H,28,30)/t13-,15+/m1/s1. The van der Waals surface area contributed by atoms with Crippen molar-refractivity contribution in [1.29, 1.82) is 0 Å². The summed E-state index contributed by atoms with van der Waals surface area (Å²) >= 11 is 0. The van der Waals surface area contributed by atoms with Gasteiger partial charge in [-0.15, -0.1) is 5.10 Å². The number of nitrogens with zero attached hydrogens (tertiary/aromatic N) is 6. The van der Waals surface area contributed by atoms with Crippen molar-refractivity contribution in [3.63, 3.8) is 0 Å². The fourth-order valence-corrected chi connectivity index (χ4v) is 4.39. The maximum absolute atomic E-state index is 15.2. The van der Waals surface area contributed by atoms with Crippen LogP contribution in [-0.4, -0.2) is 74.9 Å². The Morgan fingerprint density at radius 1 is 1.29 bits per heavy atom. The number of aromatic nitrogens is 5. The number of ether oxygens (including phenoxy) is 1. The van der Waals surface area contributed by atoms with Crippen LogP contribution in [0.1, 0.15) is 6.42 Å². The van der Waals surface area contributed by atoms with Crippen molar-refractivity contribution in [2.45, 2.75) is 31.6 Å². The molecule has 0 amide bonds. The van der Waals surface area contributed by atoms with Gasteiger partial charge in [0.15, 0.2) is 5.82 Å². The smallest absolute Gasteiger partial charge is 0.256 e. The molecule has 1 aliphatic rings. The van der Waals surface area contributed by atoms with Crippen LogP contribution in [0.5, 0.6) is 5.88 Å². The number of fused-ring (bicyclic) bond motifs is 2. The highest BCUT2D eigenvalue weighted by Gasteiger charge is 2.29. The van der Waals surface area contributed by atoms with Gasteiger partial charge in [0.2, 0.25) is 11.8 Å². The van der Waals surface area contributed by atoms with Gasteiger partial charge in [0.05, 0.1) is 48.8 Å². The van der Waals surface area contributed by atoms with Gasteiger partial charge in [-0.2, -0.15) is 4.98 Å². The van der Waals surface area contributed by atoms with E-state index in [-0.39, 0.29) is 22.9 Å². The summed E-state index contributed by atoms with van der Waals surface area (Å²) in [6, 6.07) is 4.41. The fourth-order valence-electron chi connectivity index (χ4n) is 4.39. The minimum absolute atomic E-state index is 0.0981. The number of likely N-dealkylation sites (tertiary alicyclic amines) is 1. The van der Waals surface area contributed by atoms with Gasteiger partial charge in [-0.1, -0.05) is 6.07 Å². The van der Waals surface area contributed by atoms with Gasteiger partial charge in [0, 0.05) is 13.1 Å². The first-order valence-corrected chi connectivity index (χ1v) is 10.8. The lowest BCUT2D eigenvalue weighted by Crippen LogP contribution is -2.46. The van der Waals surface area contributed by atoms with Crippen molar-refractivity contribution < 1.29 is 22.3 Å². The maximum atomic E-state index is 15.2. The van der Waals surface area contributed by atoms with Gasteiger partial charge < -0.3 is 19.5 Å². The zero-order valence-corrected chi connectivity index (χ0v) is 18.6.